The summed E-state index contributed by atoms with van der Waals surface area (Å²) in [6, 6.07) is 14.5. The maximum atomic E-state index is 12.3. The maximum absolute atomic E-state index is 12.3. The molecule has 0 radical (unpaired) electrons. The number of rotatable bonds is 4. The van der Waals surface area contributed by atoms with Gasteiger partial charge in [-0.25, -0.2) is 8.42 Å². The van der Waals surface area contributed by atoms with Crippen molar-refractivity contribution in [1.82, 2.24) is 5.32 Å². The lowest BCUT2D eigenvalue weighted by Gasteiger charge is -2.25. The van der Waals surface area contributed by atoms with Crippen molar-refractivity contribution in [3.05, 3.63) is 65.2 Å². The third kappa shape index (κ3) is 3.67. The second-order valence-corrected chi connectivity index (χ2v) is 8.31. The molecule has 0 spiro atoms. The van der Waals surface area contributed by atoms with Crippen molar-refractivity contribution in [2.24, 2.45) is 0 Å². The number of carbonyl (C=O) groups is 1. The van der Waals surface area contributed by atoms with E-state index in [0.29, 0.717) is 18.0 Å². The van der Waals surface area contributed by atoms with Crippen molar-refractivity contribution in [2.45, 2.75) is 30.1 Å². The zero-order valence-electron chi connectivity index (χ0n) is 13.7. The first kappa shape index (κ1) is 16.7. The zero-order chi connectivity index (χ0) is 17.2. The van der Waals surface area contributed by atoms with E-state index < -0.39 is 9.84 Å². The average Bonchev–Trinajstić information content (AvgIpc) is 2.59. The summed E-state index contributed by atoms with van der Waals surface area (Å²) in [5.74, 6) is 0.173. The summed E-state index contributed by atoms with van der Waals surface area (Å²) in [5.41, 5.74) is 3.18. The van der Waals surface area contributed by atoms with Gasteiger partial charge in [-0.2, -0.15) is 0 Å². The first-order chi connectivity index (χ1) is 11.4. The van der Waals surface area contributed by atoms with Gasteiger partial charge < -0.3 is 5.32 Å². The Balaban J connectivity index is 1.66. The summed E-state index contributed by atoms with van der Waals surface area (Å²) in [4.78, 5) is 12.5. The molecule has 0 heterocycles. The van der Waals surface area contributed by atoms with Gasteiger partial charge in [-0.15, -0.1) is 0 Å². The highest BCUT2D eigenvalue weighted by Crippen LogP contribution is 2.30. The van der Waals surface area contributed by atoms with Gasteiger partial charge in [0.15, 0.2) is 9.84 Å². The number of hydrogen-bond acceptors (Lipinski definition) is 3. The molecule has 1 N–H and O–H groups in total. The molecule has 126 valence electrons. The molecule has 0 aromatic heterocycles. The fourth-order valence-electron chi connectivity index (χ4n) is 3.24. The maximum Gasteiger partial charge on any atom is 0.251 e. The normalized spacial score (nSPS) is 17.1. The molecule has 4 nitrogen and oxygen atoms in total. The number of aryl methyl sites for hydroxylation is 1. The Morgan fingerprint density at radius 1 is 1.12 bits per heavy atom. The van der Waals surface area contributed by atoms with Crippen LogP contribution in [0.5, 0.6) is 0 Å². The lowest BCUT2D eigenvalue weighted by Crippen LogP contribution is -2.29. The van der Waals surface area contributed by atoms with E-state index in [2.05, 4.69) is 23.5 Å². The molecular formula is C19H21NO3S. The molecule has 1 amide bonds. The third-order valence-corrected chi connectivity index (χ3v) is 5.68. The van der Waals surface area contributed by atoms with Crippen LogP contribution in [0.3, 0.4) is 0 Å². The van der Waals surface area contributed by atoms with Crippen LogP contribution in [0, 0.1) is 0 Å². The number of carbonyl (C=O) groups excluding carboxylic acids is 1. The zero-order valence-corrected chi connectivity index (χ0v) is 14.5. The molecule has 2 aromatic rings. The summed E-state index contributed by atoms with van der Waals surface area (Å²) in [7, 11) is -3.24. The first-order valence-corrected chi connectivity index (χ1v) is 10.0. The second-order valence-electron chi connectivity index (χ2n) is 6.29. The molecule has 0 saturated carbocycles. The number of amides is 1. The summed E-state index contributed by atoms with van der Waals surface area (Å²) in [6.07, 6.45) is 4.47. The fraction of sp³-hybridized carbons (Fsp3) is 0.316. The van der Waals surface area contributed by atoms with Crippen LogP contribution in [0.25, 0.3) is 0 Å². The Kier molecular flexibility index (Phi) is 4.71. The minimum Gasteiger partial charge on any atom is -0.351 e. The number of fused-ring (bicyclic) bond motifs is 1. The van der Waals surface area contributed by atoms with Gasteiger partial charge in [0.05, 0.1) is 4.90 Å². The average molecular weight is 343 g/mol. The monoisotopic (exact) mass is 343 g/mol. The van der Waals surface area contributed by atoms with Crippen LogP contribution in [0.15, 0.2) is 53.4 Å². The molecule has 0 saturated heterocycles. The number of nitrogens with one attached hydrogen (secondary N) is 1. The molecule has 0 unspecified atom stereocenters. The van der Waals surface area contributed by atoms with Gasteiger partial charge in [-0.05, 0) is 54.7 Å². The summed E-state index contributed by atoms with van der Waals surface area (Å²) >= 11 is 0. The van der Waals surface area contributed by atoms with Crippen LogP contribution in [-0.4, -0.2) is 27.1 Å². The summed E-state index contributed by atoms with van der Waals surface area (Å²) in [6.45, 7) is 0.601. The molecule has 5 heteroatoms. The molecule has 24 heavy (non-hydrogen) atoms. The van der Waals surface area contributed by atoms with Gasteiger partial charge in [0.25, 0.3) is 5.91 Å². The van der Waals surface area contributed by atoms with Crippen molar-refractivity contribution in [3.8, 4) is 0 Å². The van der Waals surface area contributed by atoms with Crippen molar-refractivity contribution in [2.75, 3.05) is 12.8 Å². The van der Waals surface area contributed by atoms with Crippen molar-refractivity contribution in [3.63, 3.8) is 0 Å². The van der Waals surface area contributed by atoms with E-state index in [0.717, 1.165) is 25.5 Å². The molecule has 1 atom stereocenters. The van der Waals surface area contributed by atoms with Crippen molar-refractivity contribution >= 4 is 15.7 Å². The van der Waals surface area contributed by atoms with Crippen LogP contribution in [0.2, 0.25) is 0 Å². The number of hydrogen-bond donors (Lipinski definition) is 1. The lowest BCUT2D eigenvalue weighted by atomic mass is 9.83. The van der Waals surface area contributed by atoms with Crippen LogP contribution in [0.1, 0.15) is 40.2 Å². The molecule has 0 aliphatic heterocycles. The number of benzene rings is 2. The van der Waals surface area contributed by atoms with E-state index in [9.17, 15) is 13.2 Å². The van der Waals surface area contributed by atoms with Gasteiger partial charge in [0, 0.05) is 24.3 Å². The number of sulfone groups is 1. The Labute approximate surface area is 142 Å². The third-order valence-electron chi connectivity index (χ3n) is 4.55. The van der Waals surface area contributed by atoms with Gasteiger partial charge in [-0.1, -0.05) is 24.3 Å². The predicted octanol–water partition coefficient (Wildman–Crippen LogP) is 2.94. The fourth-order valence-corrected chi connectivity index (χ4v) is 3.87. The van der Waals surface area contributed by atoms with Crippen molar-refractivity contribution in [1.29, 1.82) is 0 Å². The van der Waals surface area contributed by atoms with Gasteiger partial charge >= 0.3 is 0 Å². The Hall–Kier alpha value is -2.14. The largest absolute Gasteiger partial charge is 0.351 e. The highest BCUT2D eigenvalue weighted by molar-refractivity contribution is 7.90. The minimum absolute atomic E-state index is 0.168. The highest BCUT2D eigenvalue weighted by atomic mass is 32.2. The predicted molar refractivity (Wildman–Crippen MR) is 94.0 cm³/mol. The van der Waals surface area contributed by atoms with E-state index in [1.54, 1.807) is 12.1 Å². The van der Waals surface area contributed by atoms with E-state index in [1.807, 2.05) is 6.07 Å². The molecule has 2 aromatic carbocycles. The molecule has 3 rings (SSSR count). The molecule has 1 aliphatic carbocycles. The van der Waals surface area contributed by atoms with E-state index in [4.69, 9.17) is 0 Å². The first-order valence-electron chi connectivity index (χ1n) is 8.11. The van der Waals surface area contributed by atoms with Crippen LogP contribution < -0.4 is 5.32 Å². The second kappa shape index (κ2) is 6.77. The lowest BCUT2D eigenvalue weighted by molar-refractivity contribution is 0.0950. The molecule has 1 aliphatic rings. The highest BCUT2D eigenvalue weighted by Gasteiger charge is 2.20. The SMILES string of the molecule is CS(=O)(=O)c1ccc(C(=O)NC[C@H]2CCCc3ccccc32)cc1. The standard InChI is InChI=1S/C19H21NO3S/c1-24(22,23)17-11-9-15(10-12-17)19(21)20-13-16-7-4-6-14-5-2-3-8-18(14)16/h2-3,5,8-12,16H,4,6-7,13H2,1H3,(H,20,21)/t16-/m1/s1. The summed E-state index contributed by atoms with van der Waals surface area (Å²) in [5, 5.41) is 2.98. The Morgan fingerprint density at radius 2 is 1.83 bits per heavy atom. The quantitative estimate of drug-likeness (QED) is 0.928. The van der Waals surface area contributed by atoms with Crippen LogP contribution in [0.4, 0.5) is 0 Å². The van der Waals surface area contributed by atoms with Gasteiger partial charge in [0.2, 0.25) is 0 Å². The van der Waals surface area contributed by atoms with E-state index in [-0.39, 0.29) is 10.8 Å². The van der Waals surface area contributed by atoms with Crippen LogP contribution in [-0.2, 0) is 16.3 Å². The van der Waals surface area contributed by atoms with E-state index >= 15 is 0 Å². The van der Waals surface area contributed by atoms with Crippen LogP contribution >= 0.6 is 0 Å². The summed E-state index contributed by atoms with van der Waals surface area (Å²) < 4.78 is 22.9. The van der Waals surface area contributed by atoms with Gasteiger partial charge in [0.1, 0.15) is 0 Å². The minimum atomic E-state index is -3.24. The molecule has 0 bridgehead atoms. The van der Waals surface area contributed by atoms with Gasteiger partial charge in [-0.3, -0.25) is 4.79 Å². The topological polar surface area (TPSA) is 63.2 Å². The molecule has 0 fully saturated rings. The van der Waals surface area contributed by atoms with E-state index in [1.165, 1.54) is 23.3 Å². The Bertz CT molecular complexity index is 841. The van der Waals surface area contributed by atoms with Crippen molar-refractivity contribution < 1.29 is 13.2 Å². The Morgan fingerprint density at radius 3 is 2.54 bits per heavy atom. The smallest absolute Gasteiger partial charge is 0.251 e. The molecular weight excluding hydrogens is 322 g/mol.